The zero-order valence-electron chi connectivity index (χ0n) is 8.41. The predicted octanol–water partition coefficient (Wildman–Crippen LogP) is 0.0244. The Labute approximate surface area is 92.0 Å². The van der Waals surface area contributed by atoms with Gasteiger partial charge in [-0.2, -0.15) is 0 Å². The Bertz CT molecular complexity index is 393. The van der Waals surface area contributed by atoms with Crippen LogP contribution in [-0.2, 0) is 9.53 Å². The first-order valence-corrected chi connectivity index (χ1v) is 4.92. The third kappa shape index (κ3) is 1.64. The average Bonchev–Trinajstić information content (AvgIpc) is 2.28. The van der Waals surface area contributed by atoms with Crippen molar-refractivity contribution in [2.45, 2.75) is 6.10 Å². The number of fused-ring (bicyclic) bond motifs is 1. The van der Waals surface area contributed by atoms with Crippen molar-refractivity contribution in [2.24, 2.45) is 11.8 Å². The summed E-state index contributed by atoms with van der Waals surface area (Å²) in [6, 6.07) is 0. The van der Waals surface area contributed by atoms with Crippen LogP contribution in [0.2, 0.25) is 0 Å². The van der Waals surface area contributed by atoms with Crippen LogP contribution >= 0.6 is 0 Å². The van der Waals surface area contributed by atoms with Gasteiger partial charge in [-0.05, 0) is 6.08 Å². The highest BCUT2D eigenvalue weighted by atomic mass is 16.5. The van der Waals surface area contributed by atoms with Crippen LogP contribution in [0.25, 0.3) is 0 Å². The molecule has 3 N–H and O–H groups in total. The smallest absolute Gasteiger partial charge is 0.322 e. The van der Waals surface area contributed by atoms with Crippen LogP contribution in [0, 0.1) is 11.8 Å². The fraction of sp³-hybridized carbons (Fsp3) is 0.364. The largest absolute Gasteiger partial charge is 0.511 e. The standard InChI is InChI=1S/C11H12O5/c12-4-9(14)7-5-16-11(15)10-6(7)2-1-3-8(10)13/h1-3,5-6,9-10,12-14H,4H2. The van der Waals surface area contributed by atoms with Gasteiger partial charge < -0.3 is 20.1 Å². The van der Waals surface area contributed by atoms with Gasteiger partial charge in [0.15, 0.2) is 0 Å². The molecule has 1 heterocycles. The number of aliphatic hydroxyl groups excluding tert-OH is 3. The number of rotatable bonds is 2. The molecule has 0 saturated heterocycles. The van der Waals surface area contributed by atoms with Crippen LogP contribution in [0.1, 0.15) is 0 Å². The maximum absolute atomic E-state index is 11.4. The van der Waals surface area contributed by atoms with Gasteiger partial charge in [0, 0.05) is 11.5 Å². The van der Waals surface area contributed by atoms with Crippen molar-refractivity contribution in [1.29, 1.82) is 0 Å². The Kier molecular flexibility index (Phi) is 2.80. The molecule has 0 aromatic rings. The first kappa shape index (κ1) is 10.9. The Balaban J connectivity index is 2.35. The van der Waals surface area contributed by atoms with Gasteiger partial charge in [-0.1, -0.05) is 12.2 Å². The zero-order chi connectivity index (χ0) is 11.7. The fourth-order valence-corrected chi connectivity index (χ4v) is 1.93. The van der Waals surface area contributed by atoms with Crippen molar-refractivity contribution in [1.82, 2.24) is 0 Å². The molecule has 0 spiro atoms. The number of ether oxygens (including phenoxy) is 1. The highest BCUT2D eigenvalue weighted by Gasteiger charge is 2.40. The molecular formula is C11H12O5. The molecule has 0 aromatic carbocycles. The molecule has 3 unspecified atom stereocenters. The third-order valence-electron chi connectivity index (χ3n) is 2.77. The molecule has 0 bridgehead atoms. The van der Waals surface area contributed by atoms with Crippen LogP contribution in [0.4, 0.5) is 0 Å². The van der Waals surface area contributed by atoms with Crippen LogP contribution in [0.5, 0.6) is 0 Å². The Hall–Kier alpha value is -1.59. The van der Waals surface area contributed by atoms with Gasteiger partial charge >= 0.3 is 5.97 Å². The molecule has 5 heteroatoms. The number of allylic oxidation sites excluding steroid dienone is 3. The minimum Gasteiger partial charge on any atom is -0.511 e. The van der Waals surface area contributed by atoms with E-state index in [1.165, 1.54) is 6.08 Å². The molecule has 1 aliphatic heterocycles. The molecule has 0 fully saturated rings. The quantitative estimate of drug-likeness (QED) is 0.576. The van der Waals surface area contributed by atoms with E-state index in [-0.39, 0.29) is 5.76 Å². The second-order valence-corrected chi connectivity index (χ2v) is 3.73. The summed E-state index contributed by atoms with van der Waals surface area (Å²) in [5, 5.41) is 28.0. The number of carbonyl (C=O) groups is 1. The van der Waals surface area contributed by atoms with Crippen molar-refractivity contribution in [3.05, 3.63) is 35.8 Å². The summed E-state index contributed by atoms with van der Waals surface area (Å²) >= 11 is 0. The van der Waals surface area contributed by atoms with Crippen LogP contribution < -0.4 is 0 Å². The normalized spacial score (nSPS) is 30.0. The minimum absolute atomic E-state index is 0.0896. The first-order valence-electron chi connectivity index (χ1n) is 4.92. The first-order chi connectivity index (χ1) is 7.65. The summed E-state index contributed by atoms with van der Waals surface area (Å²) in [5.74, 6) is -1.91. The van der Waals surface area contributed by atoms with Crippen LogP contribution in [0.3, 0.4) is 0 Å². The van der Waals surface area contributed by atoms with E-state index in [4.69, 9.17) is 9.84 Å². The van der Waals surface area contributed by atoms with Crippen LogP contribution in [-0.4, -0.2) is 34.0 Å². The lowest BCUT2D eigenvalue weighted by atomic mass is 9.79. The zero-order valence-corrected chi connectivity index (χ0v) is 8.41. The minimum atomic E-state index is -1.09. The molecule has 86 valence electrons. The van der Waals surface area contributed by atoms with Crippen molar-refractivity contribution >= 4 is 5.97 Å². The van der Waals surface area contributed by atoms with E-state index in [0.717, 1.165) is 6.26 Å². The summed E-state index contributed by atoms with van der Waals surface area (Å²) < 4.78 is 4.75. The molecule has 0 saturated carbocycles. The highest BCUT2D eigenvalue weighted by molar-refractivity contribution is 5.79. The molecule has 2 rings (SSSR count). The van der Waals surface area contributed by atoms with Crippen molar-refractivity contribution in [3.8, 4) is 0 Å². The number of carbonyl (C=O) groups excluding carboxylic acids is 1. The van der Waals surface area contributed by atoms with Gasteiger partial charge in [-0.25, -0.2) is 0 Å². The summed E-state index contributed by atoms with van der Waals surface area (Å²) in [4.78, 5) is 11.4. The summed E-state index contributed by atoms with van der Waals surface area (Å²) in [7, 11) is 0. The second-order valence-electron chi connectivity index (χ2n) is 3.73. The van der Waals surface area contributed by atoms with Gasteiger partial charge in [-0.3, -0.25) is 4.79 Å². The summed E-state index contributed by atoms with van der Waals surface area (Å²) in [5.41, 5.74) is 0.392. The average molecular weight is 224 g/mol. The van der Waals surface area contributed by atoms with E-state index in [1.807, 2.05) is 0 Å². The Morgan fingerprint density at radius 3 is 2.94 bits per heavy atom. The van der Waals surface area contributed by atoms with Crippen molar-refractivity contribution in [2.75, 3.05) is 6.61 Å². The lowest BCUT2D eigenvalue weighted by Crippen LogP contribution is -2.36. The van der Waals surface area contributed by atoms with E-state index in [0.29, 0.717) is 5.57 Å². The van der Waals surface area contributed by atoms with E-state index < -0.39 is 30.5 Å². The highest BCUT2D eigenvalue weighted by Crippen LogP contribution is 2.36. The summed E-state index contributed by atoms with van der Waals surface area (Å²) in [6.45, 7) is -0.453. The molecule has 16 heavy (non-hydrogen) atoms. The second kappa shape index (κ2) is 4.11. The maximum Gasteiger partial charge on any atom is 0.322 e. The lowest BCUT2D eigenvalue weighted by molar-refractivity contribution is -0.145. The third-order valence-corrected chi connectivity index (χ3v) is 2.77. The summed E-state index contributed by atoms with van der Waals surface area (Å²) in [6.07, 6.45) is 4.77. The van der Waals surface area contributed by atoms with Gasteiger partial charge in [0.2, 0.25) is 0 Å². The molecular weight excluding hydrogens is 212 g/mol. The fourth-order valence-electron chi connectivity index (χ4n) is 1.93. The van der Waals surface area contributed by atoms with E-state index in [1.54, 1.807) is 12.2 Å². The topological polar surface area (TPSA) is 87.0 Å². The van der Waals surface area contributed by atoms with E-state index >= 15 is 0 Å². The lowest BCUT2D eigenvalue weighted by Gasteiger charge is -2.31. The van der Waals surface area contributed by atoms with E-state index in [2.05, 4.69) is 0 Å². The van der Waals surface area contributed by atoms with Crippen LogP contribution in [0.15, 0.2) is 35.8 Å². The molecule has 3 atom stereocenters. The molecule has 0 radical (unpaired) electrons. The monoisotopic (exact) mass is 224 g/mol. The maximum atomic E-state index is 11.4. The molecule has 5 nitrogen and oxygen atoms in total. The Morgan fingerprint density at radius 2 is 2.25 bits per heavy atom. The van der Waals surface area contributed by atoms with Gasteiger partial charge in [0.1, 0.15) is 17.8 Å². The number of cyclic esters (lactones) is 1. The van der Waals surface area contributed by atoms with Gasteiger partial charge in [-0.15, -0.1) is 0 Å². The Morgan fingerprint density at radius 1 is 1.50 bits per heavy atom. The molecule has 1 aliphatic carbocycles. The number of hydrogen-bond donors (Lipinski definition) is 3. The number of esters is 1. The molecule has 0 amide bonds. The van der Waals surface area contributed by atoms with Crippen molar-refractivity contribution in [3.63, 3.8) is 0 Å². The molecule has 2 aliphatic rings. The number of hydrogen-bond acceptors (Lipinski definition) is 5. The van der Waals surface area contributed by atoms with E-state index in [9.17, 15) is 15.0 Å². The predicted molar refractivity (Wildman–Crippen MR) is 54.1 cm³/mol. The van der Waals surface area contributed by atoms with Gasteiger partial charge in [0.05, 0.1) is 12.9 Å². The number of aliphatic hydroxyl groups is 3. The van der Waals surface area contributed by atoms with Gasteiger partial charge in [0.25, 0.3) is 0 Å². The molecule has 0 aromatic heterocycles. The van der Waals surface area contributed by atoms with Crippen molar-refractivity contribution < 1.29 is 24.9 Å². The SMILES string of the molecule is O=C1OC=C(C(O)CO)C2C=CC=C(O)C12.